The Balaban J connectivity index is 2.09. The normalized spacial score (nSPS) is 11.9. The van der Waals surface area contributed by atoms with E-state index >= 15 is 0 Å². The molecule has 0 aliphatic carbocycles. The molecule has 22 heavy (non-hydrogen) atoms. The first kappa shape index (κ1) is 16.0. The Morgan fingerprint density at radius 2 is 2.05 bits per heavy atom. The summed E-state index contributed by atoms with van der Waals surface area (Å²) in [4.78, 5) is 15.9. The number of amides is 1. The van der Waals surface area contributed by atoms with E-state index in [0.29, 0.717) is 19.0 Å². The second-order valence-corrected chi connectivity index (χ2v) is 4.94. The Hall–Kier alpha value is -2.40. The van der Waals surface area contributed by atoms with Crippen molar-refractivity contribution < 1.29 is 9.53 Å². The summed E-state index contributed by atoms with van der Waals surface area (Å²) in [7, 11) is 0. The van der Waals surface area contributed by atoms with E-state index < -0.39 is 11.9 Å². The van der Waals surface area contributed by atoms with Crippen LogP contribution in [-0.4, -0.2) is 17.5 Å². The molecule has 0 saturated carbocycles. The van der Waals surface area contributed by atoms with Crippen molar-refractivity contribution in [3.05, 3.63) is 59.8 Å². The molecule has 2 rings (SSSR count). The van der Waals surface area contributed by atoms with Crippen LogP contribution in [0.15, 0.2) is 48.7 Å². The highest BCUT2D eigenvalue weighted by Gasteiger charge is 2.17. The van der Waals surface area contributed by atoms with E-state index in [1.807, 2.05) is 49.4 Å². The minimum absolute atomic E-state index is 0.411. The van der Waals surface area contributed by atoms with Gasteiger partial charge in [0.2, 0.25) is 11.8 Å². The number of benzene rings is 1. The first-order valence-electron chi connectivity index (χ1n) is 7.36. The number of nitrogens with two attached hydrogens (primary N) is 1. The Labute approximate surface area is 130 Å². The van der Waals surface area contributed by atoms with Gasteiger partial charge in [0.15, 0.2) is 0 Å². The summed E-state index contributed by atoms with van der Waals surface area (Å²) < 4.78 is 5.62. The van der Waals surface area contributed by atoms with Crippen LogP contribution in [0, 0.1) is 0 Å². The number of carbonyl (C=O) groups excluding carboxylic acids is 1. The molecule has 0 saturated heterocycles. The smallest absolute Gasteiger partial charge is 0.239 e. The maximum Gasteiger partial charge on any atom is 0.239 e. The number of primary amides is 1. The molecule has 1 atom stereocenters. The minimum Gasteiger partial charge on any atom is -0.477 e. The first-order valence-corrected chi connectivity index (χ1v) is 7.36. The Morgan fingerprint density at radius 3 is 2.73 bits per heavy atom. The van der Waals surface area contributed by atoms with Crippen molar-refractivity contribution in [2.24, 2.45) is 5.73 Å². The molecule has 0 fully saturated rings. The average molecular weight is 299 g/mol. The van der Waals surface area contributed by atoms with Gasteiger partial charge in [-0.05, 0) is 18.1 Å². The molecule has 1 amide bonds. The molecule has 0 unspecified atom stereocenters. The van der Waals surface area contributed by atoms with Gasteiger partial charge >= 0.3 is 0 Å². The third-order valence-corrected chi connectivity index (χ3v) is 3.21. The number of carbonyl (C=O) groups is 1. The quantitative estimate of drug-likeness (QED) is 0.783. The van der Waals surface area contributed by atoms with Crippen LogP contribution in [0.25, 0.3) is 0 Å². The SMILES string of the molecule is CCCOc1ncccc1CN[C@H](C(N)=O)c1ccccc1. The average Bonchev–Trinajstić information content (AvgIpc) is 2.55. The number of nitrogens with one attached hydrogen (secondary N) is 1. The number of pyridine rings is 1. The Kier molecular flexibility index (Phi) is 5.91. The molecule has 116 valence electrons. The number of ether oxygens (including phenoxy) is 1. The van der Waals surface area contributed by atoms with Crippen LogP contribution < -0.4 is 15.8 Å². The van der Waals surface area contributed by atoms with E-state index in [4.69, 9.17) is 10.5 Å². The van der Waals surface area contributed by atoms with Crippen molar-refractivity contribution in [1.82, 2.24) is 10.3 Å². The molecule has 5 heteroatoms. The minimum atomic E-state index is -0.541. The van der Waals surface area contributed by atoms with Gasteiger partial charge in [0.1, 0.15) is 6.04 Å². The van der Waals surface area contributed by atoms with Crippen molar-refractivity contribution in [3.8, 4) is 5.88 Å². The van der Waals surface area contributed by atoms with Gasteiger partial charge in [0.05, 0.1) is 6.61 Å². The third kappa shape index (κ3) is 4.30. The molecule has 0 bridgehead atoms. The second kappa shape index (κ2) is 8.14. The Bertz CT molecular complexity index is 602. The zero-order chi connectivity index (χ0) is 15.8. The molecule has 0 aliphatic rings. The van der Waals surface area contributed by atoms with Gasteiger partial charge in [-0.2, -0.15) is 0 Å². The lowest BCUT2D eigenvalue weighted by molar-refractivity contribution is -0.120. The molecule has 1 heterocycles. The van der Waals surface area contributed by atoms with Crippen LogP contribution in [0.2, 0.25) is 0 Å². The summed E-state index contributed by atoms with van der Waals surface area (Å²) in [6.07, 6.45) is 2.61. The summed E-state index contributed by atoms with van der Waals surface area (Å²) in [6, 6.07) is 12.6. The van der Waals surface area contributed by atoms with Gasteiger partial charge in [-0.15, -0.1) is 0 Å². The maximum atomic E-state index is 11.7. The largest absolute Gasteiger partial charge is 0.477 e. The summed E-state index contributed by atoms with van der Waals surface area (Å²) in [5.41, 5.74) is 7.25. The van der Waals surface area contributed by atoms with Crippen LogP contribution >= 0.6 is 0 Å². The van der Waals surface area contributed by atoms with Crippen molar-refractivity contribution in [1.29, 1.82) is 0 Å². The highest BCUT2D eigenvalue weighted by atomic mass is 16.5. The van der Waals surface area contributed by atoms with Crippen LogP contribution in [0.1, 0.15) is 30.5 Å². The first-order chi connectivity index (χ1) is 10.7. The topological polar surface area (TPSA) is 77.2 Å². The zero-order valence-corrected chi connectivity index (χ0v) is 12.7. The molecular weight excluding hydrogens is 278 g/mol. The van der Waals surface area contributed by atoms with E-state index in [1.165, 1.54) is 0 Å². The van der Waals surface area contributed by atoms with Crippen molar-refractivity contribution in [2.75, 3.05) is 6.61 Å². The van der Waals surface area contributed by atoms with Crippen molar-refractivity contribution >= 4 is 5.91 Å². The summed E-state index contributed by atoms with van der Waals surface area (Å²) in [5, 5.41) is 3.17. The number of nitrogens with zero attached hydrogens (tertiary/aromatic N) is 1. The van der Waals surface area contributed by atoms with Gasteiger partial charge < -0.3 is 10.5 Å². The molecule has 2 aromatic rings. The molecule has 0 spiro atoms. The van der Waals surface area contributed by atoms with E-state index in [9.17, 15) is 4.79 Å². The van der Waals surface area contributed by atoms with Gasteiger partial charge in [0.25, 0.3) is 0 Å². The summed E-state index contributed by atoms with van der Waals surface area (Å²) in [5.74, 6) is 0.180. The predicted molar refractivity (Wildman–Crippen MR) is 85.2 cm³/mol. The molecule has 0 radical (unpaired) electrons. The van der Waals surface area contributed by atoms with Crippen molar-refractivity contribution in [3.63, 3.8) is 0 Å². The lowest BCUT2D eigenvalue weighted by Crippen LogP contribution is -2.33. The number of hydrogen-bond acceptors (Lipinski definition) is 4. The molecule has 5 nitrogen and oxygen atoms in total. The van der Waals surface area contributed by atoms with Crippen LogP contribution in [-0.2, 0) is 11.3 Å². The highest BCUT2D eigenvalue weighted by molar-refractivity contribution is 5.81. The fourth-order valence-corrected chi connectivity index (χ4v) is 2.13. The fourth-order valence-electron chi connectivity index (χ4n) is 2.13. The fraction of sp³-hybridized carbons (Fsp3) is 0.294. The number of rotatable bonds is 8. The van der Waals surface area contributed by atoms with Crippen LogP contribution in [0.3, 0.4) is 0 Å². The third-order valence-electron chi connectivity index (χ3n) is 3.21. The molecule has 1 aromatic carbocycles. The maximum absolute atomic E-state index is 11.7. The van der Waals surface area contributed by atoms with E-state index in [1.54, 1.807) is 6.20 Å². The predicted octanol–water partition coefficient (Wildman–Crippen LogP) is 2.19. The number of aromatic nitrogens is 1. The van der Waals surface area contributed by atoms with Crippen LogP contribution in [0.5, 0.6) is 5.88 Å². The molecule has 3 N–H and O–H groups in total. The summed E-state index contributed by atoms with van der Waals surface area (Å²) >= 11 is 0. The molecule has 1 aromatic heterocycles. The Morgan fingerprint density at radius 1 is 1.27 bits per heavy atom. The van der Waals surface area contributed by atoms with Gasteiger partial charge in [-0.1, -0.05) is 43.3 Å². The van der Waals surface area contributed by atoms with Crippen LogP contribution in [0.4, 0.5) is 0 Å². The lowest BCUT2D eigenvalue weighted by atomic mass is 10.1. The second-order valence-electron chi connectivity index (χ2n) is 4.94. The number of hydrogen-bond donors (Lipinski definition) is 2. The van der Waals surface area contributed by atoms with E-state index in [0.717, 1.165) is 17.5 Å². The van der Waals surface area contributed by atoms with E-state index in [-0.39, 0.29) is 0 Å². The molecular formula is C17H21N3O2. The monoisotopic (exact) mass is 299 g/mol. The van der Waals surface area contributed by atoms with Gasteiger partial charge in [-0.3, -0.25) is 10.1 Å². The molecule has 0 aliphatic heterocycles. The van der Waals surface area contributed by atoms with Gasteiger partial charge in [-0.25, -0.2) is 4.98 Å². The van der Waals surface area contributed by atoms with Crippen molar-refractivity contribution in [2.45, 2.75) is 25.9 Å². The zero-order valence-electron chi connectivity index (χ0n) is 12.7. The lowest BCUT2D eigenvalue weighted by Gasteiger charge is -2.17. The van der Waals surface area contributed by atoms with Gasteiger partial charge in [0, 0.05) is 18.3 Å². The van der Waals surface area contributed by atoms with E-state index in [2.05, 4.69) is 10.3 Å². The highest BCUT2D eigenvalue weighted by Crippen LogP contribution is 2.17. The summed E-state index contributed by atoms with van der Waals surface area (Å²) in [6.45, 7) is 3.11. The standard InChI is InChI=1S/C17H21N3O2/c1-2-11-22-17-14(9-6-10-19-17)12-20-15(16(18)21)13-7-4-3-5-8-13/h3-10,15,20H,2,11-12H2,1H3,(H2,18,21)/t15-/m0/s1.